The van der Waals surface area contributed by atoms with Crippen LogP contribution in [0.1, 0.15) is 99.3 Å². The van der Waals surface area contributed by atoms with Gasteiger partial charge in [-0.25, -0.2) is 0 Å². The van der Waals surface area contributed by atoms with E-state index in [0.29, 0.717) is 25.7 Å². The molecule has 4 heterocycles. The van der Waals surface area contributed by atoms with Crippen LogP contribution in [0, 0.1) is 40.4 Å². The van der Waals surface area contributed by atoms with Crippen LogP contribution in [0.4, 0.5) is 0 Å². The maximum absolute atomic E-state index is 13.9. The minimum absolute atomic E-state index is 0.0397. The fourth-order valence-electron chi connectivity index (χ4n) is 13.4. The molecule has 74 heavy (non-hydrogen) atoms. The Hall–Kier alpha value is -1.76. The zero-order valence-corrected chi connectivity index (χ0v) is 43.2. The highest BCUT2D eigenvalue weighted by molar-refractivity contribution is 5.89. The van der Waals surface area contributed by atoms with E-state index in [2.05, 4.69) is 19.9 Å². The minimum Gasteiger partial charge on any atom is -0.394 e. The summed E-state index contributed by atoms with van der Waals surface area (Å²) < 4.78 is 47.3. The molecule has 0 spiro atoms. The van der Waals surface area contributed by atoms with E-state index in [9.17, 15) is 76.0 Å². The number of Topliss-reactive ketones (excluding diaryl/α,β-unsaturated/α-hetero) is 2. The predicted octanol–water partition coefficient (Wildman–Crippen LogP) is -2.57. The fourth-order valence-corrected chi connectivity index (χ4v) is 13.4. The maximum Gasteiger partial charge on any atom is 0.187 e. The summed E-state index contributed by atoms with van der Waals surface area (Å²) >= 11 is 0. The summed E-state index contributed by atoms with van der Waals surface area (Å²) in [4.78, 5) is 27.5. The molecule has 0 aromatic heterocycles. The average molecular weight is 1070 g/mol. The van der Waals surface area contributed by atoms with Crippen LogP contribution in [0.3, 0.4) is 0 Å². The summed E-state index contributed by atoms with van der Waals surface area (Å²) in [5.41, 5.74) is 0.480. The minimum atomic E-state index is -1.87. The van der Waals surface area contributed by atoms with Gasteiger partial charge < -0.3 is 104 Å². The third kappa shape index (κ3) is 12.2. The van der Waals surface area contributed by atoms with Crippen LogP contribution in [-0.2, 0) is 47.5 Å². The summed E-state index contributed by atoms with van der Waals surface area (Å²) in [6.07, 6.45) is -23.8. The number of aliphatic hydroxyl groups is 13. The lowest BCUT2D eigenvalue weighted by molar-refractivity contribution is -0.389. The Morgan fingerprint density at radius 2 is 1.22 bits per heavy atom. The largest absolute Gasteiger partial charge is 0.394 e. The Morgan fingerprint density at radius 1 is 0.662 bits per heavy atom. The molecule has 28 unspecified atom stereocenters. The molecule has 4 saturated heterocycles. The van der Waals surface area contributed by atoms with E-state index in [0.717, 1.165) is 25.7 Å². The van der Waals surface area contributed by atoms with Gasteiger partial charge in [0.2, 0.25) is 0 Å². The number of aliphatic hydroxyl groups excluding tert-OH is 13. The van der Waals surface area contributed by atoms with Crippen molar-refractivity contribution in [3.8, 4) is 0 Å². The van der Waals surface area contributed by atoms with Gasteiger partial charge in [-0.3, -0.25) is 9.59 Å². The topological polar surface area (TPSA) is 371 Å². The van der Waals surface area contributed by atoms with Gasteiger partial charge >= 0.3 is 0 Å². The summed E-state index contributed by atoms with van der Waals surface area (Å²) in [7, 11) is 0. The van der Waals surface area contributed by atoms with Crippen molar-refractivity contribution in [3.05, 3.63) is 11.6 Å². The first-order valence-corrected chi connectivity index (χ1v) is 26.4. The molecular formula is C51H84O23. The van der Waals surface area contributed by atoms with Crippen LogP contribution < -0.4 is 0 Å². The van der Waals surface area contributed by atoms with Crippen LogP contribution in [0.5, 0.6) is 0 Å². The third-order valence-electron chi connectivity index (χ3n) is 17.8. The Labute approximate surface area is 431 Å². The SMILES string of the molecule is CC(=O)C(C(C)C(=O)CCC(C)COC1OC(CO)C(O)C(O)C1O)C1(C)CCC2C(CC=C3CC(OC4OC(CO)C(OC5OC(CO)C(O)C(O)C5O)C(O)C4OC4OC(C)C(O)C(O)C4O)CCC32C)C1. The molecule has 23 nitrogen and oxygen atoms in total. The lowest BCUT2D eigenvalue weighted by Gasteiger charge is -2.57. The van der Waals surface area contributed by atoms with Gasteiger partial charge in [-0.05, 0) is 93.8 Å². The highest BCUT2D eigenvalue weighted by Gasteiger charge is 2.57. The van der Waals surface area contributed by atoms with E-state index in [1.54, 1.807) is 6.92 Å². The molecular weight excluding hydrogens is 981 g/mol. The summed E-state index contributed by atoms with van der Waals surface area (Å²) in [5, 5.41) is 136. The van der Waals surface area contributed by atoms with Gasteiger partial charge in [0.05, 0.1) is 38.6 Å². The molecule has 6 fully saturated rings. The van der Waals surface area contributed by atoms with E-state index >= 15 is 0 Å². The number of carbonyl (C=O) groups is 2. The van der Waals surface area contributed by atoms with Crippen LogP contribution in [0.15, 0.2) is 11.6 Å². The van der Waals surface area contributed by atoms with Crippen molar-refractivity contribution in [3.63, 3.8) is 0 Å². The molecule has 3 aliphatic carbocycles. The van der Waals surface area contributed by atoms with Gasteiger partial charge in [0.25, 0.3) is 0 Å². The zero-order valence-electron chi connectivity index (χ0n) is 43.2. The first-order valence-electron chi connectivity index (χ1n) is 26.4. The second-order valence-corrected chi connectivity index (χ2v) is 23.0. The van der Waals surface area contributed by atoms with Gasteiger partial charge in [0.15, 0.2) is 25.2 Å². The Balaban J connectivity index is 0.999. The summed E-state index contributed by atoms with van der Waals surface area (Å²) in [6, 6.07) is 0. The number of ether oxygens (including phenoxy) is 8. The number of hydrogen-bond donors (Lipinski definition) is 13. The molecule has 4 aliphatic heterocycles. The molecule has 2 saturated carbocycles. The van der Waals surface area contributed by atoms with Gasteiger partial charge in [-0.15, -0.1) is 0 Å². The Morgan fingerprint density at radius 3 is 1.82 bits per heavy atom. The molecule has 0 aromatic rings. The first kappa shape index (κ1) is 59.9. The Kier molecular flexibility index (Phi) is 20.0. The highest BCUT2D eigenvalue weighted by atomic mass is 16.8. The maximum atomic E-state index is 13.9. The van der Waals surface area contributed by atoms with Crippen LogP contribution >= 0.6 is 0 Å². The molecule has 7 aliphatic rings. The second kappa shape index (κ2) is 24.7. The normalized spacial score (nSPS) is 48.1. The van der Waals surface area contributed by atoms with Gasteiger partial charge in [0.1, 0.15) is 103 Å². The van der Waals surface area contributed by atoms with Crippen molar-refractivity contribution in [2.75, 3.05) is 26.4 Å². The molecule has 28 atom stereocenters. The number of carbonyl (C=O) groups excluding carboxylic acids is 2. The standard InChI is InChI=1S/C51H84O23/c1-21(20-67-46-40(63)38(61)35(58)30(17-52)70-46)7-10-29(56)22(2)33(23(3)55)50(5)13-12-28-25(16-50)8-9-26-15-27(11-14-51(26,28)6)69-49-45(74-47-41(64)37(60)34(57)24(4)68-47)43(66)44(32(19-54)72-49)73-48-42(65)39(62)36(59)31(18-53)71-48/h9,21-22,24-25,27-28,30-49,52-54,57-66H,7-8,10-20H2,1-6H3. The van der Waals surface area contributed by atoms with Gasteiger partial charge in [0, 0.05) is 18.3 Å². The van der Waals surface area contributed by atoms with Crippen molar-refractivity contribution in [1.82, 2.24) is 0 Å². The zero-order chi connectivity index (χ0) is 54.3. The Bertz CT molecular complexity index is 1890. The lowest BCUT2D eigenvalue weighted by Crippen LogP contribution is -2.67. The van der Waals surface area contributed by atoms with Crippen molar-refractivity contribution in [1.29, 1.82) is 0 Å². The van der Waals surface area contributed by atoms with Crippen LogP contribution in [0.2, 0.25) is 0 Å². The van der Waals surface area contributed by atoms with E-state index in [1.807, 2.05) is 13.8 Å². The van der Waals surface area contributed by atoms with E-state index in [1.165, 1.54) is 12.5 Å². The number of allylic oxidation sites excluding steroid dienone is 1. The van der Waals surface area contributed by atoms with E-state index in [-0.39, 0.29) is 47.8 Å². The molecule has 0 bridgehead atoms. The van der Waals surface area contributed by atoms with Crippen LogP contribution in [0.25, 0.3) is 0 Å². The molecule has 0 aromatic carbocycles. The molecule has 0 radical (unpaired) electrons. The number of fused-ring (bicyclic) bond motifs is 3. The molecule has 426 valence electrons. The monoisotopic (exact) mass is 1060 g/mol. The average Bonchev–Trinajstić information content (AvgIpc) is 3.36. The molecule has 7 rings (SSSR count). The molecule has 23 heteroatoms. The fraction of sp³-hybridized carbons (Fsp3) is 0.922. The van der Waals surface area contributed by atoms with E-state index in [4.69, 9.17) is 37.9 Å². The highest BCUT2D eigenvalue weighted by Crippen LogP contribution is 2.61. The molecule has 13 N–H and O–H groups in total. The van der Waals surface area contributed by atoms with Crippen molar-refractivity contribution in [2.45, 2.75) is 228 Å². The second-order valence-electron chi connectivity index (χ2n) is 23.0. The first-order chi connectivity index (χ1) is 34.9. The van der Waals surface area contributed by atoms with E-state index < -0.39 is 166 Å². The van der Waals surface area contributed by atoms with Gasteiger partial charge in [-0.2, -0.15) is 0 Å². The number of hydrogen-bond acceptors (Lipinski definition) is 23. The number of ketones is 2. The van der Waals surface area contributed by atoms with Crippen molar-refractivity contribution >= 4 is 11.6 Å². The summed E-state index contributed by atoms with van der Waals surface area (Å²) in [5.74, 6) is -0.824. The lowest BCUT2D eigenvalue weighted by atomic mass is 9.48. The third-order valence-corrected chi connectivity index (χ3v) is 17.8. The quantitative estimate of drug-likeness (QED) is 0.0592. The smallest absolute Gasteiger partial charge is 0.187 e. The van der Waals surface area contributed by atoms with Gasteiger partial charge in [-0.1, -0.05) is 39.3 Å². The van der Waals surface area contributed by atoms with Crippen LogP contribution in [-0.4, -0.2) is 233 Å². The van der Waals surface area contributed by atoms with Crippen molar-refractivity contribution < 1.29 is 114 Å². The van der Waals surface area contributed by atoms with Crippen molar-refractivity contribution in [2.24, 2.45) is 40.4 Å². The predicted molar refractivity (Wildman–Crippen MR) is 253 cm³/mol. The number of rotatable bonds is 19. The molecule has 0 amide bonds. The summed E-state index contributed by atoms with van der Waals surface area (Å²) in [6.45, 7) is 9.07.